The van der Waals surface area contributed by atoms with Crippen LogP contribution in [-0.4, -0.2) is 23.1 Å². The molecule has 0 saturated heterocycles. The van der Waals surface area contributed by atoms with Crippen LogP contribution in [0.1, 0.15) is 72.1 Å². The zero-order valence-corrected chi connectivity index (χ0v) is 15.0. The lowest BCUT2D eigenvalue weighted by molar-refractivity contribution is -0.176. The van der Waals surface area contributed by atoms with E-state index in [1.54, 1.807) is 0 Å². The van der Waals surface area contributed by atoms with Crippen LogP contribution in [0, 0.1) is 40.4 Å². The van der Waals surface area contributed by atoms with E-state index in [1.165, 1.54) is 25.7 Å². The highest BCUT2D eigenvalue weighted by atomic mass is 19.1. The van der Waals surface area contributed by atoms with E-state index in [0.717, 1.165) is 19.3 Å². The Morgan fingerprint density at radius 1 is 1.30 bits per heavy atom. The fraction of sp³-hybridized carbons (Fsp3) is 0.950. The van der Waals surface area contributed by atoms with Crippen LogP contribution in [0.4, 0.5) is 4.39 Å². The van der Waals surface area contributed by atoms with E-state index in [4.69, 9.17) is 5.41 Å². The van der Waals surface area contributed by atoms with Gasteiger partial charge in [0.25, 0.3) is 0 Å². The summed E-state index contributed by atoms with van der Waals surface area (Å²) in [5, 5.41) is 19.2. The van der Waals surface area contributed by atoms with E-state index >= 15 is 4.39 Å². The fourth-order valence-electron chi connectivity index (χ4n) is 6.70. The maximum absolute atomic E-state index is 15.0. The van der Waals surface area contributed by atoms with Gasteiger partial charge in [-0.15, -0.1) is 0 Å². The summed E-state index contributed by atoms with van der Waals surface area (Å²) in [6, 6.07) is 0. The van der Waals surface area contributed by atoms with Gasteiger partial charge >= 0.3 is 0 Å². The summed E-state index contributed by atoms with van der Waals surface area (Å²) >= 11 is 0. The van der Waals surface area contributed by atoms with Crippen LogP contribution in [0.15, 0.2) is 0 Å². The van der Waals surface area contributed by atoms with Crippen LogP contribution >= 0.6 is 0 Å². The average Bonchev–Trinajstić information content (AvgIpc) is 2.54. The monoisotopic (exact) mass is 323 g/mol. The van der Waals surface area contributed by atoms with Crippen molar-refractivity contribution in [2.75, 3.05) is 0 Å². The largest absolute Gasteiger partial charge is 0.393 e. The molecule has 2 nitrogen and oxygen atoms in total. The van der Waals surface area contributed by atoms with Crippen molar-refractivity contribution in [1.82, 2.24) is 0 Å². The molecule has 3 aliphatic carbocycles. The Labute approximate surface area is 140 Å². The van der Waals surface area contributed by atoms with Gasteiger partial charge in [-0.3, -0.25) is 0 Å². The molecule has 0 amide bonds. The van der Waals surface area contributed by atoms with Crippen molar-refractivity contribution in [3.05, 3.63) is 0 Å². The first-order valence-corrected chi connectivity index (χ1v) is 9.85. The summed E-state index contributed by atoms with van der Waals surface area (Å²) in [5.74, 6) is 1.29. The molecule has 0 radical (unpaired) electrons. The highest BCUT2D eigenvalue weighted by Crippen LogP contribution is 2.62. The van der Waals surface area contributed by atoms with Crippen molar-refractivity contribution < 1.29 is 9.50 Å². The SMILES string of the molecule is CCCC1CCCC2C1[C@H](O)[C@H](CC)[C@@H]1[C@@H](F)C(=N)CC[C@]21C. The number of hydrogen-bond donors (Lipinski definition) is 2. The van der Waals surface area contributed by atoms with Gasteiger partial charge < -0.3 is 10.5 Å². The van der Waals surface area contributed by atoms with Gasteiger partial charge in [0, 0.05) is 11.6 Å². The molecule has 132 valence electrons. The summed E-state index contributed by atoms with van der Waals surface area (Å²) in [4.78, 5) is 0. The third-order valence-electron chi connectivity index (χ3n) is 7.71. The molecule has 0 aromatic rings. The van der Waals surface area contributed by atoms with Gasteiger partial charge in [-0.25, -0.2) is 4.39 Å². The van der Waals surface area contributed by atoms with Crippen molar-refractivity contribution >= 4 is 5.71 Å². The van der Waals surface area contributed by atoms with Crippen molar-refractivity contribution in [3.8, 4) is 0 Å². The summed E-state index contributed by atoms with van der Waals surface area (Å²) in [6.07, 6.45) is 6.86. The Balaban J connectivity index is 2.00. The first kappa shape index (κ1) is 17.4. The standard InChI is InChI=1S/C20H34FNO/c1-4-7-12-8-6-9-14-16(12)19(23)13(5-2)17-18(21)15(22)10-11-20(14,17)3/h12-14,16-19,22-23H,4-11H2,1-3H3/t12?,13-,14?,16?,17-,18+,19-,20-/m1/s1. The molecule has 8 atom stereocenters. The van der Waals surface area contributed by atoms with Crippen molar-refractivity contribution in [2.24, 2.45) is 35.0 Å². The maximum atomic E-state index is 15.0. The Morgan fingerprint density at radius 3 is 2.70 bits per heavy atom. The molecule has 0 aromatic heterocycles. The van der Waals surface area contributed by atoms with Gasteiger partial charge in [0.05, 0.1) is 6.10 Å². The average molecular weight is 323 g/mol. The van der Waals surface area contributed by atoms with Gasteiger partial charge in [0.2, 0.25) is 0 Å². The lowest BCUT2D eigenvalue weighted by Crippen LogP contribution is -2.62. The summed E-state index contributed by atoms with van der Waals surface area (Å²) in [6.45, 7) is 6.62. The lowest BCUT2D eigenvalue weighted by atomic mass is 9.43. The van der Waals surface area contributed by atoms with Crippen LogP contribution in [0.2, 0.25) is 0 Å². The van der Waals surface area contributed by atoms with E-state index in [-0.39, 0.29) is 29.1 Å². The lowest BCUT2D eigenvalue weighted by Gasteiger charge is -2.62. The van der Waals surface area contributed by atoms with E-state index < -0.39 is 6.17 Å². The second-order valence-corrected chi connectivity index (χ2v) is 8.68. The molecule has 23 heavy (non-hydrogen) atoms. The molecule has 0 bridgehead atoms. The molecule has 0 aliphatic heterocycles. The number of nitrogens with one attached hydrogen (secondary N) is 1. The smallest absolute Gasteiger partial charge is 0.141 e. The van der Waals surface area contributed by atoms with Gasteiger partial charge in [-0.2, -0.15) is 0 Å². The van der Waals surface area contributed by atoms with Crippen LogP contribution < -0.4 is 0 Å². The van der Waals surface area contributed by atoms with Crippen LogP contribution in [0.25, 0.3) is 0 Å². The van der Waals surface area contributed by atoms with Crippen LogP contribution in [0.3, 0.4) is 0 Å². The number of rotatable bonds is 3. The molecule has 3 aliphatic rings. The number of fused-ring (bicyclic) bond motifs is 3. The Kier molecular flexibility index (Phi) is 4.88. The highest BCUT2D eigenvalue weighted by molar-refractivity contribution is 5.87. The number of aliphatic hydroxyl groups is 1. The Morgan fingerprint density at radius 2 is 2.04 bits per heavy atom. The van der Waals surface area contributed by atoms with Gasteiger partial charge in [-0.05, 0) is 48.3 Å². The number of hydrogen-bond acceptors (Lipinski definition) is 2. The third kappa shape index (κ3) is 2.58. The molecule has 3 saturated carbocycles. The molecule has 3 heteroatoms. The summed E-state index contributed by atoms with van der Waals surface area (Å²) in [7, 11) is 0. The van der Waals surface area contributed by atoms with Crippen LogP contribution in [0.5, 0.6) is 0 Å². The molecular formula is C20H34FNO. The van der Waals surface area contributed by atoms with E-state index in [2.05, 4.69) is 20.8 Å². The molecule has 0 spiro atoms. The molecule has 0 heterocycles. The zero-order valence-electron chi connectivity index (χ0n) is 15.0. The molecule has 3 rings (SSSR count). The predicted octanol–water partition coefficient (Wildman–Crippen LogP) is 4.99. The fourth-order valence-corrected chi connectivity index (χ4v) is 6.70. The minimum absolute atomic E-state index is 0.0226. The van der Waals surface area contributed by atoms with E-state index in [0.29, 0.717) is 24.2 Å². The van der Waals surface area contributed by atoms with Crippen molar-refractivity contribution in [3.63, 3.8) is 0 Å². The van der Waals surface area contributed by atoms with Crippen molar-refractivity contribution in [2.45, 2.75) is 84.4 Å². The summed E-state index contributed by atoms with van der Waals surface area (Å²) in [5.41, 5.74) is 0.249. The quantitative estimate of drug-likeness (QED) is 0.754. The zero-order chi connectivity index (χ0) is 16.8. The molecular weight excluding hydrogens is 289 g/mol. The van der Waals surface area contributed by atoms with E-state index in [9.17, 15) is 5.11 Å². The maximum Gasteiger partial charge on any atom is 0.141 e. The van der Waals surface area contributed by atoms with Crippen LogP contribution in [-0.2, 0) is 0 Å². The van der Waals surface area contributed by atoms with Crippen molar-refractivity contribution in [1.29, 1.82) is 5.41 Å². The first-order chi connectivity index (χ1) is 11.0. The highest BCUT2D eigenvalue weighted by Gasteiger charge is 2.61. The number of halogens is 1. The Bertz CT molecular complexity index is 451. The third-order valence-corrected chi connectivity index (χ3v) is 7.71. The van der Waals surface area contributed by atoms with E-state index in [1.807, 2.05) is 0 Å². The number of alkyl halides is 1. The normalized spacial score (nSPS) is 50.3. The molecule has 3 fully saturated rings. The second kappa shape index (κ2) is 6.46. The Hall–Kier alpha value is -0.440. The molecule has 3 unspecified atom stereocenters. The topological polar surface area (TPSA) is 44.1 Å². The molecule has 2 N–H and O–H groups in total. The minimum atomic E-state index is -1.14. The first-order valence-electron chi connectivity index (χ1n) is 9.85. The van der Waals surface area contributed by atoms with Gasteiger partial charge in [0.1, 0.15) is 6.17 Å². The molecule has 0 aromatic carbocycles. The van der Waals surface area contributed by atoms with Gasteiger partial charge in [-0.1, -0.05) is 52.9 Å². The summed E-state index contributed by atoms with van der Waals surface area (Å²) < 4.78 is 15.0. The van der Waals surface area contributed by atoms with Gasteiger partial charge in [0.15, 0.2) is 0 Å². The second-order valence-electron chi connectivity index (χ2n) is 8.68. The predicted molar refractivity (Wildman–Crippen MR) is 92.5 cm³/mol. The number of aliphatic hydroxyl groups excluding tert-OH is 1. The minimum Gasteiger partial charge on any atom is -0.393 e.